The summed E-state index contributed by atoms with van der Waals surface area (Å²) in [5.74, 6) is 0.578. The molecule has 0 radical (unpaired) electrons. The predicted octanol–water partition coefficient (Wildman–Crippen LogP) is 3.80. The van der Waals surface area contributed by atoms with Crippen molar-refractivity contribution in [2.75, 3.05) is 4.72 Å². The number of hydrogen-bond donors (Lipinski definition) is 2. The van der Waals surface area contributed by atoms with Crippen LogP contribution >= 0.6 is 0 Å². The van der Waals surface area contributed by atoms with Gasteiger partial charge in [0, 0.05) is 17.3 Å². The minimum Gasteiger partial charge on any atom is -0.349 e. The van der Waals surface area contributed by atoms with E-state index in [-0.39, 0.29) is 16.8 Å². The number of carbonyl (C=O) groups is 1. The van der Waals surface area contributed by atoms with E-state index < -0.39 is 10.0 Å². The molecule has 0 bridgehead atoms. The molecule has 0 atom stereocenters. The summed E-state index contributed by atoms with van der Waals surface area (Å²) >= 11 is 0. The molecule has 2 aromatic rings. The number of hydrogen-bond acceptors (Lipinski definition) is 3. The fraction of sp³-hybridized carbons (Fsp3) is 0.350. The molecule has 138 valence electrons. The van der Waals surface area contributed by atoms with Gasteiger partial charge in [0.25, 0.3) is 15.9 Å². The fourth-order valence-electron chi connectivity index (χ4n) is 3.18. The van der Waals surface area contributed by atoms with Crippen LogP contribution in [-0.4, -0.2) is 20.4 Å². The first-order valence-corrected chi connectivity index (χ1v) is 10.4. The van der Waals surface area contributed by atoms with Crippen LogP contribution in [-0.2, 0) is 10.0 Å². The summed E-state index contributed by atoms with van der Waals surface area (Å²) in [6, 6.07) is 15.0. The van der Waals surface area contributed by atoms with Crippen molar-refractivity contribution in [1.82, 2.24) is 5.32 Å². The van der Waals surface area contributed by atoms with Gasteiger partial charge in [0.15, 0.2) is 0 Å². The van der Waals surface area contributed by atoms with Gasteiger partial charge in [-0.3, -0.25) is 9.52 Å². The van der Waals surface area contributed by atoms with Crippen LogP contribution in [0.2, 0.25) is 0 Å². The van der Waals surface area contributed by atoms with E-state index in [0.29, 0.717) is 11.3 Å². The lowest BCUT2D eigenvalue weighted by Gasteiger charge is -2.26. The van der Waals surface area contributed by atoms with Gasteiger partial charge in [-0.25, -0.2) is 8.42 Å². The molecule has 0 aromatic heterocycles. The van der Waals surface area contributed by atoms with Crippen LogP contribution in [0.15, 0.2) is 59.5 Å². The van der Waals surface area contributed by atoms with Gasteiger partial charge in [0.1, 0.15) is 0 Å². The highest BCUT2D eigenvalue weighted by atomic mass is 32.2. The van der Waals surface area contributed by atoms with Gasteiger partial charge in [-0.05, 0) is 68.0 Å². The molecule has 5 nitrogen and oxygen atoms in total. The number of benzene rings is 2. The smallest absolute Gasteiger partial charge is 0.261 e. The predicted molar refractivity (Wildman–Crippen MR) is 103 cm³/mol. The maximum atomic E-state index is 12.4. The van der Waals surface area contributed by atoms with Crippen LogP contribution in [0.5, 0.6) is 0 Å². The van der Waals surface area contributed by atoms with Gasteiger partial charge in [0.05, 0.1) is 4.90 Å². The van der Waals surface area contributed by atoms with E-state index in [4.69, 9.17) is 0 Å². The summed E-state index contributed by atoms with van der Waals surface area (Å²) in [6.45, 7) is 2.24. The van der Waals surface area contributed by atoms with Crippen molar-refractivity contribution in [2.45, 2.75) is 43.5 Å². The summed E-state index contributed by atoms with van der Waals surface area (Å²) in [7, 11) is -3.67. The molecule has 1 aliphatic carbocycles. The summed E-state index contributed by atoms with van der Waals surface area (Å²) in [5.41, 5.74) is 0.975. The Morgan fingerprint density at radius 3 is 2.15 bits per heavy atom. The molecule has 0 heterocycles. The van der Waals surface area contributed by atoms with E-state index in [1.807, 2.05) is 6.07 Å². The molecule has 2 N–H and O–H groups in total. The van der Waals surface area contributed by atoms with Crippen LogP contribution in [0, 0.1) is 5.92 Å². The van der Waals surface area contributed by atoms with Crippen LogP contribution in [0.1, 0.15) is 43.0 Å². The zero-order valence-electron chi connectivity index (χ0n) is 14.8. The zero-order valence-corrected chi connectivity index (χ0v) is 15.6. The van der Waals surface area contributed by atoms with E-state index in [1.54, 1.807) is 36.4 Å². The monoisotopic (exact) mass is 372 g/mol. The highest BCUT2D eigenvalue weighted by Gasteiger charge is 2.21. The minimum absolute atomic E-state index is 0.129. The Labute approximate surface area is 154 Å². The van der Waals surface area contributed by atoms with Crippen LogP contribution < -0.4 is 10.0 Å². The van der Waals surface area contributed by atoms with E-state index in [1.165, 1.54) is 12.1 Å². The molecule has 1 amide bonds. The van der Waals surface area contributed by atoms with Crippen molar-refractivity contribution in [3.63, 3.8) is 0 Å². The van der Waals surface area contributed by atoms with Crippen LogP contribution in [0.3, 0.4) is 0 Å². The normalized spacial score (nSPS) is 20.3. The number of amides is 1. The minimum atomic E-state index is -3.67. The highest BCUT2D eigenvalue weighted by Crippen LogP contribution is 2.24. The van der Waals surface area contributed by atoms with E-state index in [0.717, 1.165) is 31.6 Å². The summed E-state index contributed by atoms with van der Waals surface area (Å²) in [6.07, 6.45) is 4.27. The molecule has 26 heavy (non-hydrogen) atoms. The lowest BCUT2D eigenvalue weighted by molar-refractivity contribution is 0.0923. The Morgan fingerprint density at radius 2 is 1.54 bits per heavy atom. The molecule has 0 saturated heterocycles. The first kappa shape index (κ1) is 18.5. The van der Waals surface area contributed by atoms with E-state index >= 15 is 0 Å². The number of anilines is 1. The SMILES string of the molecule is CC1CCC(NC(=O)c2ccc(S(=O)(=O)Nc3ccccc3)cc2)CC1. The molecule has 0 unspecified atom stereocenters. The molecular weight excluding hydrogens is 348 g/mol. The highest BCUT2D eigenvalue weighted by molar-refractivity contribution is 7.92. The Hall–Kier alpha value is -2.34. The summed E-state index contributed by atoms with van der Waals surface area (Å²) in [4.78, 5) is 12.5. The Balaban J connectivity index is 1.65. The van der Waals surface area contributed by atoms with Gasteiger partial charge in [0.2, 0.25) is 0 Å². The number of rotatable bonds is 5. The largest absolute Gasteiger partial charge is 0.349 e. The van der Waals surface area contributed by atoms with E-state index in [9.17, 15) is 13.2 Å². The third kappa shape index (κ3) is 4.64. The van der Waals surface area contributed by atoms with Crippen molar-refractivity contribution >= 4 is 21.6 Å². The van der Waals surface area contributed by atoms with Crippen LogP contribution in [0.4, 0.5) is 5.69 Å². The number of sulfonamides is 1. The molecule has 0 spiro atoms. The third-order valence-electron chi connectivity index (χ3n) is 4.80. The molecule has 1 fully saturated rings. The van der Waals surface area contributed by atoms with Gasteiger partial charge in [-0.2, -0.15) is 0 Å². The van der Waals surface area contributed by atoms with Crippen molar-refractivity contribution < 1.29 is 13.2 Å². The Bertz CT molecular complexity index is 840. The lowest BCUT2D eigenvalue weighted by atomic mass is 9.87. The number of para-hydroxylation sites is 1. The summed E-state index contributed by atoms with van der Waals surface area (Å²) < 4.78 is 27.4. The zero-order chi connectivity index (χ0) is 18.6. The second-order valence-corrected chi connectivity index (χ2v) is 8.61. The maximum Gasteiger partial charge on any atom is 0.261 e. The molecule has 3 rings (SSSR count). The average Bonchev–Trinajstić information content (AvgIpc) is 2.64. The van der Waals surface area contributed by atoms with Crippen molar-refractivity contribution in [3.05, 3.63) is 60.2 Å². The molecule has 6 heteroatoms. The average molecular weight is 372 g/mol. The number of nitrogens with one attached hydrogen (secondary N) is 2. The summed E-state index contributed by atoms with van der Waals surface area (Å²) in [5, 5.41) is 3.05. The third-order valence-corrected chi connectivity index (χ3v) is 6.20. The molecule has 1 aliphatic rings. The van der Waals surface area contributed by atoms with E-state index in [2.05, 4.69) is 17.0 Å². The molecule has 1 saturated carbocycles. The van der Waals surface area contributed by atoms with Gasteiger partial charge >= 0.3 is 0 Å². The Kier molecular flexibility index (Phi) is 5.61. The lowest BCUT2D eigenvalue weighted by Crippen LogP contribution is -2.37. The molecule has 2 aromatic carbocycles. The van der Waals surface area contributed by atoms with Gasteiger partial charge in [-0.15, -0.1) is 0 Å². The topological polar surface area (TPSA) is 75.3 Å². The molecular formula is C20H24N2O3S. The standard InChI is InChI=1S/C20H24N2O3S/c1-15-7-11-17(12-8-15)21-20(23)16-9-13-19(14-10-16)26(24,25)22-18-5-3-2-4-6-18/h2-6,9-10,13-15,17,22H,7-8,11-12H2,1H3,(H,21,23). The maximum absolute atomic E-state index is 12.4. The van der Waals surface area contributed by atoms with Crippen molar-refractivity contribution in [2.24, 2.45) is 5.92 Å². The molecule has 0 aliphatic heterocycles. The van der Waals surface area contributed by atoms with Crippen LogP contribution in [0.25, 0.3) is 0 Å². The number of carbonyl (C=O) groups excluding carboxylic acids is 1. The second kappa shape index (κ2) is 7.91. The van der Waals surface area contributed by atoms with Crippen molar-refractivity contribution in [3.8, 4) is 0 Å². The first-order valence-electron chi connectivity index (χ1n) is 8.93. The first-order chi connectivity index (χ1) is 12.4. The fourth-order valence-corrected chi connectivity index (χ4v) is 4.24. The quantitative estimate of drug-likeness (QED) is 0.838. The van der Waals surface area contributed by atoms with Gasteiger partial charge in [-0.1, -0.05) is 25.1 Å². The van der Waals surface area contributed by atoms with Crippen molar-refractivity contribution in [1.29, 1.82) is 0 Å². The van der Waals surface area contributed by atoms with Gasteiger partial charge < -0.3 is 5.32 Å². The Morgan fingerprint density at radius 1 is 0.923 bits per heavy atom. The second-order valence-electron chi connectivity index (χ2n) is 6.93.